The number of hydrogen-bond donors (Lipinski definition) is 0. The highest BCUT2D eigenvalue weighted by molar-refractivity contribution is 9.11. The van der Waals surface area contributed by atoms with E-state index in [1.807, 2.05) is 52.8 Å². The third-order valence-electron chi connectivity index (χ3n) is 4.16. The molecule has 0 aliphatic carbocycles. The monoisotopic (exact) mass is 534 g/mol. The lowest BCUT2D eigenvalue weighted by atomic mass is 10.1. The lowest BCUT2D eigenvalue weighted by molar-refractivity contribution is 0.171. The minimum atomic E-state index is -0.246. The molecule has 0 fully saturated rings. The van der Waals surface area contributed by atoms with Crippen LogP contribution < -0.4 is 9.47 Å². The molecule has 0 aromatic heterocycles. The molecule has 0 atom stereocenters. The largest absolute Gasteiger partial charge is 0.486 e. The van der Waals surface area contributed by atoms with Gasteiger partial charge in [-0.1, -0.05) is 97.2 Å². The standard InChI is InChI=1S/C9H10O2.C9H12.C8H10BrF.2C2H6/c1-7-2-3-8-9(6-7)11-5-4-10-8;1-7-4-8(2)6-9(3)5-7;1-4-6(2)8(10)5-7(3)9;2*1-2/h2-3,6H,4-5H2,1H3;4-6H,1-3H3;4-5H,3H2,1-2H3;2*1-2H3/b;;6-4-,8-5+;;. The van der Waals surface area contributed by atoms with Gasteiger partial charge < -0.3 is 9.47 Å². The van der Waals surface area contributed by atoms with Crippen LogP contribution in [0.3, 0.4) is 0 Å². The molecule has 1 aliphatic heterocycles. The van der Waals surface area contributed by atoms with Crippen LogP contribution in [0.1, 0.15) is 63.8 Å². The third kappa shape index (κ3) is 15.5. The zero-order chi connectivity index (χ0) is 26.7. The van der Waals surface area contributed by atoms with Crippen LogP contribution in [0.4, 0.5) is 4.39 Å². The number of benzene rings is 2. The first kappa shape index (κ1) is 33.8. The number of aryl methyl sites for hydroxylation is 4. The predicted molar refractivity (Wildman–Crippen MR) is 152 cm³/mol. The molecule has 2 aromatic rings. The molecule has 0 amide bonds. The van der Waals surface area contributed by atoms with E-state index in [1.54, 1.807) is 19.9 Å². The Kier molecular flexibility index (Phi) is 20.0. The topological polar surface area (TPSA) is 18.5 Å². The molecule has 190 valence electrons. The van der Waals surface area contributed by atoms with Crippen LogP contribution in [-0.2, 0) is 0 Å². The van der Waals surface area contributed by atoms with Gasteiger partial charge in [-0.2, -0.15) is 0 Å². The highest BCUT2D eigenvalue weighted by Gasteiger charge is 2.09. The van der Waals surface area contributed by atoms with E-state index in [1.165, 1.54) is 28.3 Å². The second-order valence-electron chi connectivity index (χ2n) is 7.22. The Morgan fingerprint density at radius 1 is 0.824 bits per heavy atom. The van der Waals surface area contributed by atoms with E-state index >= 15 is 0 Å². The van der Waals surface area contributed by atoms with E-state index in [2.05, 4.69) is 61.5 Å². The summed E-state index contributed by atoms with van der Waals surface area (Å²) in [5, 5.41) is 0. The maximum Gasteiger partial charge on any atom is 0.161 e. The zero-order valence-corrected chi connectivity index (χ0v) is 24.4. The van der Waals surface area contributed by atoms with Crippen LogP contribution in [0.15, 0.2) is 71.0 Å². The minimum absolute atomic E-state index is 0.246. The zero-order valence-electron chi connectivity index (χ0n) is 22.8. The normalized spacial score (nSPS) is 11.6. The summed E-state index contributed by atoms with van der Waals surface area (Å²) in [6.45, 7) is 24.7. The molecule has 1 heterocycles. The van der Waals surface area contributed by atoms with E-state index in [-0.39, 0.29) is 5.83 Å². The summed E-state index contributed by atoms with van der Waals surface area (Å²) in [5.74, 6) is 1.49. The highest BCUT2D eigenvalue weighted by Crippen LogP contribution is 2.30. The fourth-order valence-corrected chi connectivity index (χ4v) is 2.94. The quantitative estimate of drug-likeness (QED) is 0.356. The van der Waals surface area contributed by atoms with Gasteiger partial charge in [0.2, 0.25) is 0 Å². The van der Waals surface area contributed by atoms with Crippen LogP contribution in [0.2, 0.25) is 0 Å². The van der Waals surface area contributed by atoms with Crippen LogP contribution in [0, 0.1) is 27.7 Å². The first-order valence-electron chi connectivity index (χ1n) is 11.9. The first-order valence-corrected chi connectivity index (χ1v) is 12.7. The third-order valence-corrected chi connectivity index (χ3v) is 4.39. The van der Waals surface area contributed by atoms with Crippen molar-refractivity contribution in [1.82, 2.24) is 0 Å². The lowest BCUT2D eigenvalue weighted by Gasteiger charge is -2.18. The molecule has 0 radical (unpaired) electrons. The summed E-state index contributed by atoms with van der Waals surface area (Å²) in [6.07, 6.45) is 3.05. The summed E-state index contributed by atoms with van der Waals surface area (Å²) in [7, 11) is 0. The average molecular weight is 536 g/mol. The van der Waals surface area contributed by atoms with Crippen molar-refractivity contribution < 1.29 is 13.9 Å². The van der Waals surface area contributed by atoms with Gasteiger partial charge in [0.1, 0.15) is 19.0 Å². The molecular formula is C30H44BrFO2. The molecule has 0 bridgehead atoms. The van der Waals surface area contributed by atoms with Crippen molar-refractivity contribution in [1.29, 1.82) is 0 Å². The summed E-state index contributed by atoms with van der Waals surface area (Å²) in [6, 6.07) is 12.5. The summed E-state index contributed by atoms with van der Waals surface area (Å²) in [5.41, 5.74) is 5.89. The predicted octanol–water partition coefficient (Wildman–Crippen LogP) is 10.1. The van der Waals surface area contributed by atoms with Crippen LogP contribution in [-0.4, -0.2) is 13.2 Å². The number of allylic oxidation sites excluding steroid dienone is 5. The second-order valence-corrected chi connectivity index (χ2v) is 8.24. The number of hydrogen-bond acceptors (Lipinski definition) is 2. The average Bonchev–Trinajstić information content (AvgIpc) is 2.80. The minimum Gasteiger partial charge on any atom is -0.486 e. The Balaban J connectivity index is 0. The molecule has 0 saturated carbocycles. The molecule has 2 aromatic carbocycles. The summed E-state index contributed by atoms with van der Waals surface area (Å²) >= 11 is 3.03. The van der Waals surface area contributed by atoms with Gasteiger partial charge in [0.15, 0.2) is 11.5 Å². The molecule has 0 N–H and O–H groups in total. The van der Waals surface area contributed by atoms with E-state index in [9.17, 15) is 4.39 Å². The molecule has 34 heavy (non-hydrogen) atoms. The molecule has 0 saturated heterocycles. The highest BCUT2D eigenvalue weighted by atomic mass is 79.9. The van der Waals surface area contributed by atoms with Gasteiger partial charge in [0, 0.05) is 4.48 Å². The van der Waals surface area contributed by atoms with Gasteiger partial charge in [-0.3, -0.25) is 0 Å². The first-order chi connectivity index (χ1) is 16.1. The number of rotatable bonds is 2. The maximum absolute atomic E-state index is 12.7. The van der Waals surface area contributed by atoms with Gasteiger partial charge >= 0.3 is 0 Å². The second kappa shape index (κ2) is 20.1. The maximum atomic E-state index is 12.7. The summed E-state index contributed by atoms with van der Waals surface area (Å²) < 4.78 is 24.0. The molecule has 1 aliphatic rings. The SMILES string of the molecule is C=C(Br)/C=C(F)\C(C)=C/C.CC.CC.Cc1cc(C)cc(C)c1.Cc1ccc2c(c1)OCCO2. The Bertz CT molecular complexity index is 864. The van der Waals surface area contributed by atoms with Crippen molar-refractivity contribution in [3.8, 4) is 11.5 Å². The van der Waals surface area contributed by atoms with Crippen LogP contribution >= 0.6 is 15.9 Å². The van der Waals surface area contributed by atoms with Crippen molar-refractivity contribution in [3.63, 3.8) is 0 Å². The number of ether oxygens (including phenoxy) is 2. The molecule has 0 unspecified atom stereocenters. The van der Waals surface area contributed by atoms with E-state index in [0.29, 0.717) is 23.3 Å². The van der Waals surface area contributed by atoms with E-state index in [0.717, 1.165) is 11.5 Å². The van der Waals surface area contributed by atoms with E-state index in [4.69, 9.17) is 9.47 Å². The number of fused-ring (bicyclic) bond motifs is 1. The van der Waals surface area contributed by atoms with Crippen LogP contribution in [0.5, 0.6) is 11.5 Å². The van der Waals surface area contributed by atoms with Gasteiger partial charge in [0.05, 0.1) is 0 Å². The molecule has 4 heteroatoms. The van der Waals surface area contributed by atoms with Crippen molar-refractivity contribution >= 4 is 15.9 Å². The van der Waals surface area contributed by atoms with Crippen molar-refractivity contribution in [3.05, 3.63) is 93.3 Å². The fourth-order valence-electron chi connectivity index (χ4n) is 2.74. The molecule has 3 rings (SSSR count). The Labute approximate surface area is 216 Å². The Morgan fingerprint density at radius 3 is 1.68 bits per heavy atom. The van der Waals surface area contributed by atoms with Crippen LogP contribution in [0.25, 0.3) is 0 Å². The smallest absolute Gasteiger partial charge is 0.161 e. The summed E-state index contributed by atoms with van der Waals surface area (Å²) in [4.78, 5) is 0. The van der Waals surface area contributed by atoms with Gasteiger partial charge in [-0.05, 0) is 70.9 Å². The van der Waals surface area contributed by atoms with Crippen molar-refractivity contribution in [2.24, 2.45) is 0 Å². The Morgan fingerprint density at radius 2 is 1.26 bits per heavy atom. The van der Waals surface area contributed by atoms with Gasteiger partial charge in [-0.15, -0.1) is 0 Å². The molecule has 2 nitrogen and oxygen atoms in total. The van der Waals surface area contributed by atoms with Gasteiger partial charge in [-0.25, -0.2) is 4.39 Å². The molecular weight excluding hydrogens is 491 g/mol. The van der Waals surface area contributed by atoms with Gasteiger partial charge in [0.25, 0.3) is 0 Å². The number of halogens is 2. The van der Waals surface area contributed by atoms with E-state index < -0.39 is 0 Å². The molecule has 0 spiro atoms. The fraction of sp³-hybridized carbons (Fsp3) is 0.400. The Hall–Kier alpha value is -2.33. The lowest BCUT2D eigenvalue weighted by Crippen LogP contribution is -2.15. The van der Waals surface area contributed by atoms with Crippen molar-refractivity contribution in [2.75, 3.05) is 13.2 Å². The van der Waals surface area contributed by atoms with Crippen molar-refractivity contribution in [2.45, 2.75) is 69.2 Å².